The predicted octanol–water partition coefficient (Wildman–Crippen LogP) is 4.07. The Kier molecular flexibility index (Phi) is 5.51. The summed E-state index contributed by atoms with van der Waals surface area (Å²) in [6, 6.07) is 11.0. The van der Waals surface area contributed by atoms with Crippen molar-refractivity contribution in [2.75, 3.05) is 17.8 Å². The predicted molar refractivity (Wildman–Crippen MR) is 131 cm³/mol. The molecule has 2 aliphatic heterocycles. The molecule has 5 rings (SSSR count). The summed E-state index contributed by atoms with van der Waals surface area (Å²) in [6.45, 7) is 1.87. The third-order valence-corrected chi connectivity index (χ3v) is 7.03. The molecule has 0 spiro atoms. The number of halogens is 1. The molecule has 0 saturated carbocycles. The first-order valence-electron chi connectivity index (χ1n) is 10.2. The maximum atomic E-state index is 13.1. The van der Waals surface area contributed by atoms with Crippen LogP contribution in [-0.4, -0.2) is 45.8 Å². The van der Waals surface area contributed by atoms with Crippen LogP contribution in [-0.2, 0) is 4.79 Å². The first kappa shape index (κ1) is 21.4. The number of aromatic amines is 1. The highest BCUT2D eigenvalue weighted by molar-refractivity contribution is 8.14. The third-order valence-electron chi connectivity index (χ3n) is 5.65. The number of carbonyl (C=O) groups is 2. The van der Waals surface area contributed by atoms with E-state index in [1.54, 1.807) is 41.6 Å². The molecule has 1 atom stereocenters. The summed E-state index contributed by atoms with van der Waals surface area (Å²) in [4.78, 5) is 32.4. The number of rotatable bonds is 5. The van der Waals surface area contributed by atoms with Crippen molar-refractivity contribution in [1.82, 2.24) is 15.3 Å². The van der Waals surface area contributed by atoms with Gasteiger partial charge in [0.2, 0.25) is 6.17 Å². The van der Waals surface area contributed by atoms with E-state index in [-0.39, 0.29) is 17.4 Å². The van der Waals surface area contributed by atoms with Crippen molar-refractivity contribution in [2.45, 2.75) is 13.1 Å². The van der Waals surface area contributed by atoms with Crippen LogP contribution in [0.4, 0.5) is 5.69 Å². The van der Waals surface area contributed by atoms with Gasteiger partial charge in [-0.2, -0.15) is 5.10 Å². The molecule has 0 aliphatic carbocycles. The summed E-state index contributed by atoms with van der Waals surface area (Å²) < 4.78 is 5.28. The monoisotopic (exact) mass is 481 g/mol. The fraction of sp³-hybridized carbons (Fsp3) is 0.174. The number of H-pyrrole nitrogens is 1. The van der Waals surface area contributed by atoms with Crippen LogP contribution in [0.2, 0.25) is 5.02 Å². The topological polar surface area (TPSA) is 90.0 Å². The van der Waals surface area contributed by atoms with E-state index in [0.717, 1.165) is 22.2 Å². The van der Waals surface area contributed by atoms with E-state index < -0.39 is 6.17 Å². The van der Waals surface area contributed by atoms with E-state index in [1.807, 2.05) is 37.3 Å². The summed E-state index contributed by atoms with van der Waals surface area (Å²) in [5.74, 6) is 0.631. The van der Waals surface area contributed by atoms with Crippen molar-refractivity contribution in [3.63, 3.8) is 0 Å². The van der Waals surface area contributed by atoms with Gasteiger partial charge in [0, 0.05) is 40.1 Å². The Morgan fingerprint density at radius 2 is 2.12 bits per heavy atom. The van der Waals surface area contributed by atoms with Crippen LogP contribution in [0.3, 0.4) is 0 Å². The van der Waals surface area contributed by atoms with Gasteiger partial charge in [-0.05, 0) is 42.8 Å². The molecular weight excluding hydrogens is 462 g/mol. The summed E-state index contributed by atoms with van der Waals surface area (Å²) in [5, 5.41) is 6.25. The molecule has 2 aromatic carbocycles. The van der Waals surface area contributed by atoms with Crippen molar-refractivity contribution in [2.24, 2.45) is 5.10 Å². The molecule has 33 heavy (non-hydrogen) atoms. The number of nitrogens with zero attached hydrogens (tertiary/aromatic N) is 3. The number of amidine groups is 1. The second-order valence-corrected chi connectivity index (χ2v) is 8.90. The van der Waals surface area contributed by atoms with Crippen LogP contribution >= 0.6 is 23.4 Å². The van der Waals surface area contributed by atoms with Gasteiger partial charge in [0.05, 0.1) is 18.6 Å². The number of ketones is 1. The number of anilines is 1. The second-order valence-electron chi connectivity index (χ2n) is 7.55. The standard InChI is InChI=1S/C23H20ClN5O3S/c1-13-17(24)4-3-5-19(13)28-8-9-29-21(22(28)31)26-27-23(29)33-12-20(30)16-11-25-18-7-6-14(32-2)10-15(16)18/h3-11,21,25-26H,12H2,1-2H3. The molecule has 0 saturated heterocycles. The average Bonchev–Trinajstić information content (AvgIpc) is 3.44. The number of hydrazone groups is 1. The van der Waals surface area contributed by atoms with Gasteiger partial charge < -0.3 is 9.72 Å². The van der Waals surface area contributed by atoms with E-state index in [4.69, 9.17) is 16.3 Å². The Bertz CT molecular complexity index is 1330. The lowest BCUT2D eigenvalue weighted by Gasteiger charge is -2.32. The first-order chi connectivity index (χ1) is 16.0. The van der Waals surface area contributed by atoms with Crippen molar-refractivity contribution in [1.29, 1.82) is 0 Å². The molecule has 0 radical (unpaired) electrons. The summed E-state index contributed by atoms with van der Waals surface area (Å²) in [5.41, 5.74) is 5.87. The molecule has 2 N–H and O–H groups in total. The second kappa shape index (κ2) is 8.49. The largest absolute Gasteiger partial charge is 0.497 e. The number of hydrogen-bond acceptors (Lipinski definition) is 7. The number of hydrogen-bond donors (Lipinski definition) is 2. The van der Waals surface area contributed by atoms with Crippen LogP contribution in [0, 0.1) is 6.92 Å². The molecule has 0 fully saturated rings. The fourth-order valence-electron chi connectivity index (χ4n) is 3.84. The van der Waals surface area contributed by atoms with Crippen molar-refractivity contribution in [3.8, 4) is 5.75 Å². The van der Waals surface area contributed by atoms with E-state index >= 15 is 0 Å². The number of carbonyl (C=O) groups excluding carboxylic acids is 2. The van der Waals surface area contributed by atoms with Crippen molar-refractivity contribution >= 4 is 56.8 Å². The van der Waals surface area contributed by atoms with E-state index in [0.29, 0.717) is 21.5 Å². The van der Waals surface area contributed by atoms with Gasteiger partial charge >= 0.3 is 0 Å². The lowest BCUT2D eigenvalue weighted by molar-refractivity contribution is -0.122. The molecule has 0 bridgehead atoms. The lowest BCUT2D eigenvalue weighted by Crippen LogP contribution is -2.52. The fourth-order valence-corrected chi connectivity index (χ4v) is 4.86. The smallest absolute Gasteiger partial charge is 0.276 e. The molecule has 3 aromatic rings. The minimum Gasteiger partial charge on any atom is -0.497 e. The molecule has 1 unspecified atom stereocenters. The van der Waals surface area contributed by atoms with Gasteiger partial charge in [-0.3, -0.25) is 24.8 Å². The minimum absolute atomic E-state index is 0.0471. The molecule has 10 heteroatoms. The van der Waals surface area contributed by atoms with Crippen LogP contribution in [0.15, 0.2) is 60.1 Å². The Labute approximate surface area is 199 Å². The average molecular weight is 482 g/mol. The van der Waals surface area contributed by atoms with Gasteiger partial charge in [-0.1, -0.05) is 29.4 Å². The SMILES string of the molecule is COc1ccc2[nH]cc(C(=O)CSC3=NNC4C(=O)N(c5cccc(Cl)c5C)C=CN34)c2c1. The van der Waals surface area contributed by atoms with Gasteiger partial charge in [0.1, 0.15) is 5.75 Å². The van der Waals surface area contributed by atoms with Crippen molar-refractivity contribution < 1.29 is 14.3 Å². The summed E-state index contributed by atoms with van der Waals surface area (Å²) >= 11 is 7.50. The molecular formula is C23H20ClN5O3S. The number of Topliss-reactive ketones (excluding diaryl/α,β-unsaturated/α-hetero) is 1. The van der Waals surface area contributed by atoms with Crippen LogP contribution in [0.1, 0.15) is 15.9 Å². The molecule has 2 aliphatic rings. The lowest BCUT2D eigenvalue weighted by atomic mass is 10.1. The number of benzene rings is 2. The quantitative estimate of drug-likeness (QED) is 0.534. The number of methoxy groups -OCH3 is 1. The highest BCUT2D eigenvalue weighted by atomic mass is 35.5. The number of ether oxygens (including phenoxy) is 1. The van der Waals surface area contributed by atoms with Gasteiger partial charge in [-0.25, -0.2) is 0 Å². The number of amides is 1. The highest BCUT2D eigenvalue weighted by Crippen LogP contribution is 2.31. The van der Waals surface area contributed by atoms with E-state index in [2.05, 4.69) is 15.5 Å². The van der Waals surface area contributed by atoms with Crippen LogP contribution in [0.25, 0.3) is 10.9 Å². The molecule has 1 amide bonds. The van der Waals surface area contributed by atoms with Crippen LogP contribution < -0.4 is 15.1 Å². The van der Waals surface area contributed by atoms with Gasteiger partial charge in [0.25, 0.3) is 5.91 Å². The first-order valence-corrected chi connectivity index (χ1v) is 11.5. The Balaban J connectivity index is 1.30. The maximum Gasteiger partial charge on any atom is 0.276 e. The minimum atomic E-state index is -0.677. The van der Waals surface area contributed by atoms with Crippen LogP contribution in [0.5, 0.6) is 5.75 Å². The Morgan fingerprint density at radius 1 is 1.27 bits per heavy atom. The Hall–Kier alpha value is -3.43. The summed E-state index contributed by atoms with van der Waals surface area (Å²) in [6.07, 6.45) is 4.50. The zero-order valence-corrected chi connectivity index (χ0v) is 19.4. The number of thioether (sulfide) groups is 1. The Morgan fingerprint density at radius 3 is 2.94 bits per heavy atom. The number of fused-ring (bicyclic) bond motifs is 2. The van der Waals surface area contributed by atoms with Gasteiger partial charge in [-0.15, -0.1) is 0 Å². The molecule has 1 aromatic heterocycles. The third kappa shape index (κ3) is 3.73. The van der Waals surface area contributed by atoms with Crippen molar-refractivity contribution in [3.05, 3.63) is 71.1 Å². The normalized spacial score (nSPS) is 17.2. The maximum absolute atomic E-state index is 13.1. The molecule has 3 heterocycles. The number of aromatic nitrogens is 1. The van der Waals surface area contributed by atoms with Gasteiger partial charge in [0.15, 0.2) is 11.0 Å². The summed E-state index contributed by atoms with van der Waals surface area (Å²) in [7, 11) is 1.59. The molecule has 168 valence electrons. The molecule has 8 nitrogen and oxygen atoms in total. The van der Waals surface area contributed by atoms with E-state index in [9.17, 15) is 9.59 Å². The zero-order chi connectivity index (χ0) is 23.1. The number of nitrogens with one attached hydrogen (secondary N) is 2. The zero-order valence-electron chi connectivity index (χ0n) is 17.8. The van der Waals surface area contributed by atoms with E-state index in [1.165, 1.54) is 11.8 Å². The highest BCUT2D eigenvalue weighted by Gasteiger charge is 2.39.